The number of nitrogens with zero attached hydrogens (tertiary/aromatic N) is 2. The minimum absolute atomic E-state index is 0.266. The van der Waals surface area contributed by atoms with Crippen LogP contribution in [-0.4, -0.2) is 57.4 Å². The number of aliphatic carboxylic acids is 2. The van der Waals surface area contributed by atoms with E-state index in [1.807, 2.05) is 0 Å². The van der Waals surface area contributed by atoms with Gasteiger partial charge in [-0.3, -0.25) is 9.79 Å². The fraction of sp³-hybridized carbons (Fsp3) is 0.706. The molecule has 1 saturated heterocycles. The number of nitrogens with two attached hydrogens (primary N) is 1. The Kier molecular flexibility index (Phi) is 4.89. The minimum atomic E-state index is -1.01. The predicted molar refractivity (Wildman–Crippen MR) is 88.9 cm³/mol. The maximum Gasteiger partial charge on any atom is 0.328 e. The molecule has 0 aromatic rings. The van der Waals surface area contributed by atoms with E-state index in [1.165, 1.54) is 6.42 Å². The van der Waals surface area contributed by atoms with Crippen LogP contribution >= 0.6 is 0 Å². The molecule has 3 aliphatic heterocycles. The molecule has 7 heteroatoms. The Morgan fingerprint density at radius 1 is 1.29 bits per heavy atom. The predicted octanol–water partition coefficient (Wildman–Crippen LogP) is 1.23. The number of aliphatic imine (C=N–C) groups is 1. The smallest absolute Gasteiger partial charge is 0.328 e. The summed E-state index contributed by atoms with van der Waals surface area (Å²) >= 11 is 0. The van der Waals surface area contributed by atoms with Crippen LogP contribution in [0.15, 0.2) is 16.8 Å². The van der Waals surface area contributed by atoms with E-state index in [2.05, 4.69) is 16.1 Å². The Morgan fingerprint density at radius 2 is 2.08 bits per heavy atom. The summed E-state index contributed by atoms with van der Waals surface area (Å²) < 4.78 is 0. The third-order valence-corrected chi connectivity index (χ3v) is 5.43. The van der Waals surface area contributed by atoms with Gasteiger partial charge in [-0.1, -0.05) is 0 Å². The number of hydrogen-bond donors (Lipinski definition) is 3. The molecule has 132 valence electrons. The highest BCUT2D eigenvalue weighted by Gasteiger charge is 2.40. The monoisotopic (exact) mass is 335 g/mol. The molecule has 0 aromatic heterocycles. The summed E-state index contributed by atoms with van der Waals surface area (Å²) in [6.45, 7) is 1.01. The molecular formula is C17H25N3O4. The molecule has 3 rings (SSSR count). The molecule has 0 saturated carbocycles. The quantitative estimate of drug-likeness (QED) is 0.696. The van der Waals surface area contributed by atoms with Crippen molar-refractivity contribution in [2.24, 2.45) is 16.6 Å². The van der Waals surface area contributed by atoms with Gasteiger partial charge in [0, 0.05) is 30.4 Å². The average Bonchev–Trinajstić information content (AvgIpc) is 2.58. The van der Waals surface area contributed by atoms with Gasteiger partial charge in [-0.25, -0.2) is 4.79 Å². The Morgan fingerprint density at radius 3 is 2.79 bits per heavy atom. The Labute approximate surface area is 141 Å². The zero-order valence-corrected chi connectivity index (χ0v) is 13.7. The molecule has 0 aliphatic carbocycles. The zero-order chi connectivity index (χ0) is 17.3. The molecule has 24 heavy (non-hydrogen) atoms. The summed E-state index contributed by atoms with van der Waals surface area (Å²) in [6.07, 6.45) is 7.82. The van der Waals surface area contributed by atoms with E-state index in [0.717, 1.165) is 37.1 Å². The number of carboxylic acid groups (broad SMARTS) is 2. The number of carboxylic acids is 2. The van der Waals surface area contributed by atoms with E-state index in [4.69, 9.17) is 10.8 Å². The second-order valence-electron chi connectivity index (χ2n) is 6.99. The molecule has 3 heterocycles. The lowest BCUT2D eigenvalue weighted by Gasteiger charge is -2.46. The molecule has 1 fully saturated rings. The molecule has 0 aromatic carbocycles. The average molecular weight is 335 g/mol. The van der Waals surface area contributed by atoms with E-state index in [1.54, 1.807) is 0 Å². The minimum Gasteiger partial charge on any atom is -0.480 e. The summed E-state index contributed by atoms with van der Waals surface area (Å²) in [7, 11) is 0. The Balaban J connectivity index is 1.86. The van der Waals surface area contributed by atoms with Gasteiger partial charge in [-0.2, -0.15) is 0 Å². The van der Waals surface area contributed by atoms with Crippen LogP contribution in [0.4, 0.5) is 0 Å². The molecule has 0 bridgehead atoms. The number of fused-ring (bicyclic) bond motifs is 3. The van der Waals surface area contributed by atoms with Crippen molar-refractivity contribution in [2.45, 2.75) is 63.1 Å². The molecule has 4 atom stereocenters. The van der Waals surface area contributed by atoms with E-state index in [0.29, 0.717) is 25.3 Å². The van der Waals surface area contributed by atoms with Crippen molar-refractivity contribution in [2.75, 3.05) is 6.54 Å². The van der Waals surface area contributed by atoms with Gasteiger partial charge in [0.15, 0.2) is 0 Å². The molecule has 0 radical (unpaired) electrons. The third kappa shape index (κ3) is 3.31. The van der Waals surface area contributed by atoms with Gasteiger partial charge in [-0.15, -0.1) is 0 Å². The van der Waals surface area contributed by atoms with Crippen LogP contribution in [0.3, 0.4) is 0 Å². The SMILES string of the molecule is N[C@@H](CCC1=CN2CCCC[C@H]2[C@H]2CC[C@@H](C(=O)O)N=C12)C(=O)O. The van der Waals surface area contributed by atoms with Crippen LogP contribution in [0, 0.1) is 5.92 Å². The van der Waals surface area contributed by atoms with Crippen molar-refractivity contribution in [3.05, 3.63) is 11.8 Å². The van der Waals surface area contributed by atoms with Crippen molar-refractivity contribution in [1.82, 2.24) is 4.90 Å². The van der Waals surface area contributed by atoms with Crippen molar-refractivity contribution >= 4 is 17.7 Å². The normalized spacial score (nSPS) is 30.5. The van der Waals surface area contributed by atoms with E-state index < -0.39 is 24.0 Å². The van der Waals surface area contributed by atoms with Crippen molar-refractivity contribution < 1.29 is 19.8 Å². The summed E-state index contributed by atoms with van der Waals surface area (Å²) in [6, 6.07) is -1.17. The van der Waals surface area contributed by atoms with Gasteiger partial charge in [-0.05, 0) is 50.5 Å². The highest BCUT2D eigenvalue weighted by atomic mass is 16.4. The zero-order valence-electron chi connectivity index (χ0n) is 13.7. The number of hydrogen-bond acceptors (Lipinski definition) is 5. The lowest BCUT2D eigenvalue weighted by molar-refractivity contribution is -0.139. The van der Waals surface area contributed by atoms with Crippen molar-refractivity contribution in [3.8, 4) is 0 Å². The van der Waals surface area contributed by atoms with Crippen LogP contribution in [0.2, 0.25) is 0 Å². The van der Waals surface area contributed by atoms with Crippen molar-refractivity contribution in [1.29, 1.82) is 0 Å². The van der Waals surface area contributed by atoms with Crippen LogP contribution in [0.1, 0.15) is 44.9 Å². The van der Waals surface area contributed by atoms with Gasteiger partial charge >= 0.3 is 11.9 Å². The van der Waals surface area contributed by atoms with Crippen LogP contribution in [0.25, 0.3) is 0 Å². The maximum absolute atomic E-state index is 11.3. The largest absolute Gasteiger partial charge is 0.480 e. The van der Waals surface area contributed by atoms with Gasteiger partial charge in [0.2, 0.25) is 0 Å². The Hall–Kier alpha value is -1.89. The number of piperidine rings is 1. The molecule has 0 spiro atoms. The second-order valence-corrected chi connectivity index (χ2v) is 6.99. The number of carbonyl (C=O) groups is 2. The lowest BCUT2D eigenvalue weighted by Crippen LogP contribution is -2.50. The van der Waals surface area contributed by atoms with Crippen molar-refractivity contribution in [3.63, 3.8) is 0 Å². The summed E-state index contributed by atoms with van der Waals surface area (Å²) in [5.74, 6) is -1.62. The molecule has 0 amide bonds. The standard InChI is InChI=1S/C17H25N3O4/c18-12(16(21)22)6-4-10-9-20-8-2-1-3-14(20)11-5-7-13(17(23)24)19-15(10)11/h9,11-14H,1-8,18H2,(H,21,22)(H,23,24)/t11-,12+,13+,14+/m1/s1. The maximum atomic E-state index is 11.3. The highest BCUT2D eigenvalue weighted by Crippen LogP contribution is 2.38. The second kappa shape index (κ2) is 6.93. The van der Waals surface area contributed by atoms with E-state index in [9.17, 15) is 14.7 Å². The molecule has 0 unspecified atom stereocenters. The fourth-order valence-corrected chi connectivity index (χ4v) is 4.14. The fourth-order valence-electron chi connectivity index (χ4n) is 4.14. The molecule has 4 N–H and O–H groups in total. The van der Waals surface area contributed by atoms with Crippen LogP contribution in [0.5, 0.6) is 0 Å². The van der Waals surface area contributed by atoms with Gasteiger partial charge in [0.05, 0.1) is 0 Å². The number of rotatable bonds is 5. The molecular weight excluding hydrogens is 310 g/mol. The first-order valence-corrected chi connectivity index (χ1v) is 8.73. The first-order valence-electron chi connectivity index (χ1n) is 8.73. The van der Waals surface area contributed by atoms with Gasteiger partial charge in [0.1, 0.15) is 12.1 Å². The first kappa shape index (κ1) is 17.0. The summed E-state index contributed by atoms with van der Waals surface area (Å²) in [4.78, 5) is 29.2. The van der Waals surface area contributed by atoms with Crippen LogP contribution in [-0.2, 0) is 9.59 Å². The lowest BCUT2D eigenvalue weighted by atomic mass is 9.75. The summed E-state index contributed by atoms with van der Waals surface area (Å²) in [5, 5.41) is 18.3. The van der Waals surface area contributed by atoms with Gasteiger partial charge < -0.3 is 20.8 Å². The van der Waals surface area contributed by atoms with E-state index >= 15 is 0 Å². The van der Waals surface area contributed by atoms with Gasteiger partial charge in [0.25, 0.3) is 0 Å². The third-order valence-electron chi connectivity index (χ3n) is 5.43. The highest BCUT2D eigenvalue weighted by molar-refractivity contribution is 6.04. The molecule has 7 nitrogen and oxygen atoms in total. The molecule has 3 aliphatic rings. The topological polar surface area (TPSA) is 116 Å². The Bertz CT molecular complexity index is 586. The number of allylic oxidation sites excluding steroid dienone is 1. The first-order chi connectivity index (χ1) is 11.5. The van der Waals surface area contributed by atoms with E-state index in [-0.39, 0.29) is 5.92 Å². The van der Waals surface area contributed by atoms with Crippen LogP contribution < -0.4 is 5.73 Å². The summed E-state index contributed by atoms with van der Waals surface area (Å²) in [5.41, 5.74) is 7.49.